The second-order valence-electron chi connectivity index (χ2n) is 4.37. The highest BCUT2D eigenvalue weighted by atomic mass is 32.2. The predicted molar refractivity (Wildman–Crippen MR) is 86.4 cm³/mol. The first kappa shape index (κ1) is 15.9. The van der Waals surface area contributed by atoms with Gasteiger partial charge in [0.1, 0.15) is 5.01 Å². The number of rotatable bonds is 7. The molecule has 1 aromatic carbocycles. The number of nitrogens with zero attached hydrogens (tertiary/aromatic N) is 2. The number of amides is 1. The molecule has 0 unspecified atom stereocenters. The summed E-state index contributed by atoms with van der Waals surface area (Å²) in [7, 11) is 0. The number of thioether (sulfide) groups is 1. The van der Waals surface area contributed by atoms with Crippen molar-refractivity contribution in [2.24, 2.45) is 0 Å². The van der Waals surface area contributed by atoms with Gasteiger partial charge in [0, 0.05) is 5.75 Å². The third kappa shape index (κ3) is 5.11. The molecule has 1 amide bonds. The van der Waals surface area contributed by atoms with E-state index >= 15 is 0 Å². The van der Waals surface area contributed by atoms with Crippen LogP contribution in [-0.2, 0) is 23.6 Å². The Bertz CT molecular complexity index is 601. The molecule has 2 rings (SSSR count). The third-order valence-electron chi connectivity index (χ3n) is 2.69. The number of nitrogens with one attached hydrogen (secondary N) is 1. The van der Waals surface area contributed by atoms with Crippen molar-refractivity contribution >= 4 is 34.1 Å². The number of hydrogen-bond donors (Lipinski definition) is 2. The Hall–Kier alpha value is -1.44. The minimum atomic E-state index is -0.0721. The van der Waals surface area contributed by atoms with E-state index in [2.05, 4.69) is 15.5 Å². The van der Waals surface area contributed by atoms with Crippen LogP contribution in [0.1, 0.15) is 23.1 Å². The highest BCUT2D eigenvalue weighted by Crippen LogP contribution is 2.17. The molecule has 0 aliphatic carbocycles. The van der Waals surface area contributed by atoms with Crippen LogP contribution in [0.15, 0.2) is 24.3 Å². The van der Waals surface area contributed by atoms with Crippen molar-refractivity contribution in [3.63, 3.8) is 0 Å². The summed E-state index contributed by atoms with van der Waals surface area (Å²) in [5.41, 5.74) is 1.99. The van der Waals surface area contributed by atoms with E-state index in [0.717, 1.165) is 28.3 Å². The van der Waals surface area contributed by atoms with Gasteiger partial charge in [0.2, 0.25) is 11.0 Å². The second kappa shape index (κ2) is 8.11. The van der Waals surface area contributed by atoms with E-state index in [-0.39, 0.29) is 12.5 Å². The van der Waals surface area contributed by atoms with Crippen molar-refractivity contribution in [3.05, 3.63) is 40.4 Å². The molecule has 2 aromatic rings. The molecule has 0 aliphatic rings. The van der Waals surface area contributed by atoms with Gasteiger partial charge in [-0.15, -0.1) is 22.0 Å². The maximum Gasteiger partial charge on any atom is 0.236 e. The maximum atomic E-state index is 11.8. The Balaban J connectivity index is 1.76. The van der Waals surface area contributed by atoms with Crippen LogP contribution in [0.3, 0.4) is 0 Å². The highest BCUT2D eigenvalue weighted by molar-refractivity contribution is 7.99. The fourth-order valence-electron chi connectivity index (χ4n) is 1.68. The standard InChI is InChI=1S/C14H17N3O2S2/c1-2-13-16-17-14(21-13)15-12(19)9-20-8-11-5-3-4-10(6-11)7-18/h3-6,18H,2,7-9H2,1H3,(H,15,17,19). The van der Waals surface area contributed by atoms with E-state index in [4.69, 9.17) is 5.11 Å². The SMILES string of the molecule is CCc1nnc(NC(=O)CSCc2cccc(CO)c2)s1. The number of aryl methyl sites for hydroxylation is 1. The van der Waals surface area contributed by atoms with E-state index in [0.29, 0.717) is 10.9 Å². The lowest BCUT2D eigenvalue weighted by Gasteiger charge is -2.04. The molecule has 21 heavy (non-hydrogen) atoms. The second-order valence-corrected chi connectivity index (χ2v) is 6.42. The summed E-state index contributed by atoms with van der Waals surface area (Å²) < 4.78 is 0. The largest absolute Gasteiger partial charge is 0.392 e. The number of aliphatic hydroxyl groups is 1. The molecule has 0 saturated heterocycles. The molecule has 1 aromatic heterocycles. The van der Waals surface area contributed by atoms with Crippen molar-refractivity contribution in [2.75, 3.05) is 11.1 Å². The van der Waals surface area contributed by atoms with Gasteiger partial charge in [-0.05, 0) is 17.5 Å². The molecule has 2 N–H and O–H groups in total. The summed E-state index contributed by atoms with van der Waals surface area (Å²) in [5, 5.41) is 21.2. The van der Waals surface area contributed by atoms with Gasteiger partial charge in [-0.2, -0.15) is 0 Å². The van der Waals surface area contributed by atoms with Gasteiger partial charge in [-0.1, -0.05) is 42.5 Å². The summed E-state index contributed by atoms with van der Waals surface area (Å²) in [5.74, 6) is 1.03. The molecule has 0 saturated carbocycles. The quantitative estimate of drug-likeness (QED) is 0.819. The Kier molecular flexibility index (Phi) is 6.16. The smallest absolute Gasteiger partial charge is 0.236 e. The van der Waals surface area contributed by atoms with Gasteiger partial charge in [0.15, 0.2) is 0 Å². The first-order valence-electron chi connectivity index (χ1n) is 6.60. The van der Waals surface area contributed by atoms with E-state index in [1.54, 1.807) is 0 Å². The fourth-order valence-corrected chi connectivity index (χ4v) is 3.15. The molecule has 0 aliphatic heterocycles. The number of carbonyl (C=O) groups is 1. The van der Waals surface area contributed by atoms with Crippen molar-refractivity contribution in [1.82, 2.24) is 10.2 Å². The summed E-state index contributed by atoms with van der Waals surface area (Å²) in [6.07, 6.45) is 0.823. The molecule has 112 valence electrons. The number of aliphatic hydroxyl groups excluding tert-OH is 1. The lowest BCUT2D eigenvalue weighted by atomic mass is 10.1. The molecule has 7 heteroatoms. The van der Waals surface area contributed by atoms with Crippen LogP contribution in [0, 0.1) is 0 Å². The number of hydrogen-bond acceptors (Lipinski definition) is 6. The Morgan fingerprint density at radius 1 is 1.38 bits per heavy atom. The first-order chi connectivity index (χ1) is 10.2. The zero-order chi connectivity index (χ0) is 15.1. The van der Waals surface area contributed by atoms with Gasteiger partial charge in [0.05, 0.1) is 12.4 Å². The summed E-state index contributed by atoms with van der Waals surface area (Å²) in [6.45, 7) is 2.04. The summed E-state index contributed by atoms with van der Waals surface area (Å²) in [6, 6.07) is 7.72. The maximum absolute atomic E-state index is 11.8. The normalized spacial score (nSPS) is 10.6. The van der Waals surface area contributed by atoms with Crippen molar-refractivity contribution < 1.29 is 9.90 Å². The van der Waals surface area contributed by atoms with Gasteiger partial charge in [0.25, 0.3) is 0 Å². The number of aromatic nitrogens is 2. The van der Waals surface area contributed by atoms with Crippen LogP contribution < -0.4 is 5.32 Å². The molecule has 0 radical (unpaired) electrons. The van der Waals surface area contributed by atoms with E-state index < -0.39 is 0 Å². The predicted octanol–water partition coefficient (Wildman–Crippen LogP) is 2.46. The van der Waals surface area contributed by atoms with Crippen molar-refractivity contribution in [2.45, 2.75) is 25.7 Å². The molecular formula is C14H17N3O2S2. The monoisotopic (exact) mass is 323 g/mol. The average Bonchev–Trinajstić information content (AvgIpc) is 2.95. The average molecular weight is 323 g/mol. The molecule has 1 heterocycles. The molecule has 0 fully saturated rings. The molecule has 0 atom stereocenters. The number of carbonyl (C=O) groups excluding carboxylic acids is 1. The lowest BCUT2D eigenvalue weighted by Crippen LogP contribution is -2.14. The summed E-state index contributed by atoms with van der Waals surface area (Å²) in [4.78, 5) is 11.8. The Morgan fingerprint density at radius 3 is 2.90 bits per heavy atom. The molecule has 0 bridgehead atoms. The third-order valence-corrected chi connectivity index (χ3v) is 4.68. The van der Waals surface area contributed by atoms with Crippen LogP contribution >= 0.6 is 23.1 Å². The van der Waals surface area contributed by atoms with Crippen LogP contribution in [0.5, 0.6) is 0 Å². The van der Waals surface area contributed by atoms with Crippen LogP contribution in [0.4, 0.5) is 5.13 Å². The molecular weight excluding hydrogens is 306 g/mol. The van der Waals surface area contributed by atoms with Crippen molar-refractivity contribution in [3.8, 4) is 0 Å². The molecule has 5 nitrogen and oxygen atoms in total. The van der Waals surface area contributed by atoms with Crippen LogP contribution in [0.2, 0.25) is 0 Å². The first-order valence-corrected chi connectivity index (χ1v) is 8.57. The zero-order valence-electron chi connectivity index (χ0n) is 11.7. The van der Waals surface area contributed by atoms with E-state index in [1.165, 1.54) is 23.1 Å². The highest BCUT2D eigenvalue weighted by Gasteiger charge is 2.07. The minimum Gasteiger partial charge on any atom is -0.392 e. The van der Waals surface area contributed by atoms with Gasteiger partial charge in [-0.3, -0.25) is 10.1 Å². The van der Waals surface area contributed by atoms with E-state index in [9.17, 15) is 4.79 Å². The minimum absolute atomic E-state index is 0.0375. The van der Waals surface area contributed by atoms with Gasteiger partial charge < -0.3 is 5.11 Å². The topological polar surface area (TPSA) is 75.1 Å². The number of anilines is 1. The lowest BCUT2D eigenvalue weighted by molar-refractivity contribution is -0.113. The molecule has 0 spiro atoms. The summed E-state index contributed by atoms with van der Waals surface area (Å²) >= 11 is 2.93. The number of benzene rings is 1. The van der Waals surface area contributed by atoms with Crippen molar-refractivity contribution in [1.29, 1.82) is 0 Å². The van der Waals surface area contributed by atoms with Gasteiger partial charge >= 0.3 is 0 Å². The van der Waals surface area contributed by atoms with Gasteiger partial charge in [-0.25, -0.2) is 0 Å². The Morgan fingerprint density at radius 2 is 2.19 bits per heavy atom. The van der Waals surface area contributed by atoms with Crippen LogP contribution in [0.25, 0.3) is 0 Å². The van der Waals surface area contributed by atoms with E-state index in [1.807, 2.05) is 31.2 Å². The fraction of sp³-hybridized carbons (Fsp3) is 0.357. The zero-order valence-corrected chi connectivity index (χ0v) is 13.3. The Labute approximate surface area is 131 Å². The van der Waals surface area contributed by atoms with Crippen LogP contribution in [-0.4, -0.2) is 27.0 Å².